The Morgan fingerprint density at radius 1 is 0.344 bits per heavy atom. The highest BCUT2D eigenvalue weighted by atomic mass is 31.2. The minimum absolute atomic E-state index is 0.0269. The Balaban J connectivity index is 3.91. The number of carbonyl (C=O) groups is 2. The van der Waals surface area contributed by atoms with Gasteiger partial charge in [0.1, 0.15) is 19.8 Å². The molecule has 0 bridgehead atoms. The molecule has 0 aromatic rings. The van der Waals surface area contributed by atoms with Gasteiger partial charge in [-0.15, -0.1) is 0 Å². The summed E-state index contributed by atoms with van der Waals surface area (Å²) in [5.41, 5.74) is 0. The van der Waals surface area contributed by atoms with Crippen LogP contribution in [0.15, 0.2) is 36.5 Å². The number of esters is 2. The molecule has 0 radical (unpaired) electrons. The van der Waals surface area contributed by atoms with Crippen LogP contribution in [0.25, 0.3) is 0 Å². The van der Waals surface area contributed by atoms with E-state index >= 15 is 0 Å². The van der Waals surface area contributed by atoms with Crippen LogP contribution in [-0.2, 0) is 32.7 Å². The maximum absolute atomic E-state index is 12.9. The van der Waals surface area contributed by atoms with Crippen LogP contribution in [-0.4, -0.2) is 70.0 Å². The first-order chi connectivity index (χ1) is 44.0. The average Bonchev–Trinajstić information content (AvgIpc) is 3.58. The summed E-state index contributed by atoms with van der Waals surface area (Å²) < 4.78 is 34.4. The Morgan fingerprint density at radius 2 is 0.600 bits per heavy atom. The molecule has 0 fully saturated rings. The number of nitrogens with zero attached hydrogens (tertiary/aromatic N) is 1. The van der Waals surface area contributed by atoms with Crippen molar-refractivity contribution in [2.45, 2.75) is 418 Å². The van der Waals surface area contributed by atoms with Crippen LogP contribution in [0.2, 0.25) is 0 Å². The number of hydrogen-bond acceptors (Lipinski definition) is 8. The fraction of sp³-hybridized carbons (Fsp3) is 0.900. The van der Waals surface area contributed by atoms with Gasteiger partial charge in [-0.25, -0.2) is 0 Å². The SMILES string of the molecule is CCCCCCC/C=C\C/C=C\C/C=C\CCCCCCCCCCCCCCCCCCCCCCCCC(=O)OC(COC(=O)CCCCCCCCCCCCCCCCCCCCCCCCCCCCCCC)COP(=O)([O-])OCC[N+](C)(C)C. The van der Waals surface area contributed by atoms with Crippen molar-refractivity contribution < 1.29 is 42.1 Å². The molecular weight excluding hydrogens is 1130 g/mol. The molecule has 10 heteroatoms. The summed E-state index contributed by atoms with van der Waals surface area (Å²) in [6.45, 7) is 4.31. The number of phosphoric ester groups is 1. The first-order valence-corrected chi connectivity index (χ1v) is 41.2. The van der Waals surface area contributed by atoms with Gasteiger partial charge in [-0.1, -0.05) is 384 Å². The van der Waals surface area contributed by atoms with Crippen LogP contribution in [0.1, 0.15) is 412 Å². The lowest BCUT2D eigenvalue weighted by Gasteiger charge is -2.28. The van der Waals surface area contributed by atoms with Crippen LogP contribution < -0.4 is 4.89 Å². The molecule has 0 aliphatic carbocycles. The van der Waals surface area contributed by atoms with Crippen molar-refractivity contribution in [3.63, 3.8) is 0 Å². The van der Waals surface area contributed by atoms with Gasteiger partial charge in [0.2, 0.25) is 0 Å². The molecule has 0 aliphatic heterocycles. The number of carbonyl (C=O) groups excluding carboxylic acids is 2. The second kappa shape index (κ2) is 71.5. The second-order valence-corrected chi connectivity index (χ2v) is 29.9. The van der Waals surface area contributed by atoms with Crippen molar-refractivity contribution in [1.29, 1.82) is 0 Å². The molecule has 9 nitrogen and oxygen atoms in total. The zero-order valence-corrected chi connectivity index (χ0v) is 61.8. The lowest BCUT2D eigenvalue weighted by molar-refractivity contribution is -0.870. The summed E-state index contributed by atoms with van der Waals surface area (Å²) in [5, 5.41) is 0. The molecule has 0 amide bonds. The van der Waals surface area contributed by atoms with Gasteiger partial charge in [-0.3, -0.25) is 14.2 Å². The van der Waals surface area contributed by atoms with Gasteiger partial charge < -0.3 is 27.9 Å². The Kier molecular flexibility index (Phi) is 70.1. The molecule has 532 valence electrons. The van der Waals surface area contributed by atoms with Crippen molar-refractivity contribution >= 4 is 19.8 Å². The summed E-state index contributed by atoms with van der Waals surface area (Å²) >= 11 is 0. The molecule has 0 rings (SSSR count). The number of phosphoric acid groups is 1. The molecule has 2 unspecified atom stereocenters. The summed E-state index contributed by atoms with van der Waals surface area (Å²) in [4.78, 5) is 38.2. The van der Waals surface area contributed by atoms with Crippen LogP contribution in [0.4, 0.5) is 0 Å². The zero-order valence-electron chi connectivity index (χ0n) is 60.9. The zero-order chi connectivity index (χ0) is 65.5. The van der Waals surface area contributed by atoms with E-state index in [1.54, 1.807) is 0 Å². The van der Waals surface area contributed by atoms with Crippen LogP contribution >= 0.6 is 7.82 Å². The van der Waals surface area contributed by atoms with E-state index in [4.69, 9.17) is 18.5 Å². The van der Waals surface area contributed by atoms with E-state index in [0.29, 0.717) is 17.4 Å². The van der Waals surface area contributed by atoms with Crippen LogP contribution in [0.5, 0.6) is 0 Å². The van der Waals surface area contributed by atoms with E-state index in [1.807, 2.05) is 21.1 Å². The standard InChI is InChI=1S/C80H154NO8P/c1-6-8-10-12-14-16-18-20-22-24-26-28-30-32-34-36-37-38-39-40-41-42-43-45-47-49-51-53-55-57-59-61-63-65-67-69-71-73-80(83)89-78(77-88-90(84,85)87-75-74-81(3,4)5)76-86-79(82)72-70-68-66-64-62-60-58-56-54-52-50-48-46-44-35-33-31-29-27-25-23-21-19-17-15-13-11-9-7-2/h18,20,24,26,30,32,78H,6-17,19,21-23,25,27-29,31,33-77H2,1-5H3/b20-18-,26-24-,32-30-. The fourth-order valence-electron chi connectivity index (χ4n) is 12.1. The van der Waals surface area contributed by atoms with Gasteiger partial charge in [0.15, 0.2) is 6.10 Å². The molecule has 0 saturated heterocycles. The number of likely N-dealkylation sites (N-methyl/N-ethyl adjacent to an activating group) is 1. The van der Waals surface area contributed by atoms with E-state index in [2.05, 4.69) is 50.3 Å². The van der Waals surface area contributed by atoms with Crippen molar-refractivity contribution in [1.82, 2.24) is 0 Å². The smallest absolute Gasteiger partial charge is 0.306 e. The Bertz CT molecular complexity index is 1610. The van der Waals surface area contributed by atoms with E-state index in [1.165, 1.54) is 334 Å². The van der Waals surface area contributed by atoms with Gasteiger partial charge in [0.25, 0.3) is 7.82 Å². The molecule has 0 aromatic carbocycles. The molecule has 0 N–H and O–H groups in total. The normalized spacial score (nSPS) is 13.2. The van der Waals surface area contributed by atoms with Gasteiger partial charge in [0, 0.05) is 12.8 Å². The Labute approximate surface area is 561 Å². The summed E-state index contributed by atoms with van der Waals surface area (Å²) in [5.74, 6) is -0.806. The summed E-state index contributed by atoms with van der Waals surface area (Å²) in [7, 11) is 1.19. The minimum Gasteiger partial charge on any atom is -0.756 e. The quantitative estimate of drug-likeness (QED) is 0.0195. The number of hydrogen-bond donors (Lipinski definition) is 0. The summed E-state index contributed by atoms with van der Waals surface area (Å²) in [6.07, 6.45) is 92.7. The average molecular weight is 1290 g/mol. The molecule has 0 spiro atoms. The largest absolute Gasteiger partial charge is 0.756 e. The third-order valence-electron chi connectivity index (χ3n) is 18.2. The number of rotatable bonds is 75. The number of allylic oxidation sites excluding steroid dienone is 6. The van der Waals surface area contributed by atoms with E-state index in [-0.39, 0.29) is 32.0 Å². The highest BCUT2D eigenvalue weighted by Crippen LogP contribution is 2.38. The lowest BCUT2D eigenvalue weighted by Crippen LogP contribution is -2.37. The number of ether oxygens (including phenoxy) is 2. The minimum atomic E-state index is -4.64. The molecule has 0 aliphatic rings. The number of unbranched alkanes of at least 4 members (excludes halogenated alkanes) is 55. The van der Waals surface area contributed by atoms with E-state index in [9.17, 15) is 19.0 Å². The predicted molar refractivity (Wildman–Crippen MR) is 388 cm³/mol. The third-order valence-corrected chi connectivity index (χ3v) is 19.1. The van der Waals surface area contributed by atoms with Gasteiger partial charge in [0.05, 0.1) is 27.7 Å². The third kappa shape index (κ3) is 75.3. The fourth-order valence-corrected chi connectivity index (χ4v) is 12.8. The molecule has 0 aromatic heterocycles. The first kappa shape index (κ1) is 88.2. The summed E-state index contributed by atoms with van der Waals surface area (Å²) in [6, 6.07) is 0. The lowest BCUT2D eigenvalue weighted by atomic mass is 10.0. The predicted octanol–water partition coefficient (Wildman–Crippen LogP) is 25.5. The maximum atomic E-state index is 12.9. The number of quaternary nitrogens is 1. The second-order valence-electron chi connectivity index (χ2n) is 28.4. The van der Waals surface area contributed by atoms with Crippen molar-refractivity contribution in [2.75, 3.05) is 47.5 Å². The molecule has 0 heterocycles. The topological polar surface area (TPSA) is 111 Å². The molecule has 0 saturated carbocycles. The van der Waals surface area contributed by atoms with Gasteiger partial charge in [-0.2, -0.15) is 0 Å². The van der Waals surface area contributed by atoms with Crippen LogP contribution in [0.3, 0.4) is 0 Å². The highest BCUT2D eigenvalue weighted by molar-refractivity contribution is 7.45. The molecule has 2 atom stereocenters. The highest BCUT2D eigenvalue weighted by Gasteiger charge is 2.22. The van der Waals surface area contributed by atoms with Gasteiger partial charge in [-0.05, 0) is 51.4 Å². The first-order valence-electron chi connectivity index (χ1n) is 39.7. The van der Waals surface area contributed by atoms with Crippen LogP contribution in [0, 0.1) is 0 Å². The van der Waals surface area contributed by atoms with Crippen molar-refractivity contribution in [3.05, 3.63) is 36.5 Å². The molecular formula is C80H154NO8P. The molecule has 90 heavy (non-hydrogen) atoms. The monoisotopic (exact) mass is 1290 g/mol. The van der Waals surface area contributed by atoms with E-state index < -0.39 is 26.5 Å². The maximum Gasteiger partial charge on any atom is 0.306 e. The van der Waals surface area contributed by atoms with Crippen molar-refractivity contribution in [3.8, 4) is 0 Å². The van der Waals surface area contributed by atoms with Gasteiger partial charge >= 0.3 is 11.9 Å². The van der Waals surface area contributed by atoms with E-state index in [0.717, 1.165) is 44.9 Å². The van der Waals surface area contributed by atoms with Crippen molar-refractivity contribution in [2.24, 2.45) is 0 Å². The Morgan fingerprint density at radius 3 is 0.889 bits per heavy atom. The Hall–Kier alpha value is -1.77.